The summed E-state index contributed by atoms with van der Waals surface area (Å²) in [5.74, 6) is 0.573. The summed E-state index contributed by atoms with van der Waals surface area (Å²) in [6.07, 6.45) is 2.40. The van der Waals surface area contributed by atoms with E-state index in [1.165, 1.54) is 5.56 Å². The molecule has 3 rings (SSSR count). The van der Waals surface area contributed by atoms with Crippen molar-refractivity contribution in [2.75, 3.05) is 37.7 Å². The molecule has 0 bridgehead atoms. The Morgan fingerprint density at radius 1 is 1.29 bits per heavy atom. The number of nitrogens with one attached hydrogen (secondary N) is 1. The molecule has 1 atom stereocenters. The summed E-state index contributed by atoms with van der Waals surface area (Å²) < 4.78 is 5.98. The minimum Gasteiger partial charge on any atom is -0.492 e. The van der Waals surface area contributed by atoms with E-state index in [0.29, 0.717) is 18.6 Å². The summed E-state index contributed by atoms with van der Waals surface area (Å²) in [5, 5.41) is 12.7. The van der Waals surface area contributed by atoms with Gasteiger partial charge in [0.15, 0.2) is 0 Å². The molecule has 2 aromatic carbocycles. The third-order valence-corrected chi connectivity index (χ3v) is 5.86. The second kappa shape index (κ2) is 10.6. The summed E-state index contributed by atoms with van der Waals surface area (Å²) in [5.41, 5.74) is 11.8. The highest BCUT2D eigenvalue weighted by Crippen LogP contribution is 2.33. The van der Waals surface area contributed by atoms with Crippen LogP contribution in [-0.4, -0.2) is 49.9 Å². The Labute approximate surface area is 185 Å². The second-order valence-corrected chi connectivity index (χ2v) is 8.46. The molecule has 1 aliphatic rings. The lowest BCUT2D eigenvalue weighted by Crippen LogP contribution is -2.32. The van der Waals surface area contributed by atoms with Crippen LogP contribution >= 0.6 is 0 Å². The fourth-order valence-corrected chi connectivity index (χ4v) is 4.39. The summed E-state index contributed by atoms with van der Waals surface area (Å²) in [4.78, 5) is 14.3. The lowest BCUT2D eigenvalue weighted by atomic mass is 9.98. The number of carbonyl (C=O) groups excluding carboxylic acids is 1. The topological polar surface area (TPSA) is 87.8 Å². The molecule has 0 spiro atoms. The average Bonchev–Trinajstić information content (AvgIpc) is 3.13. The summed E-state index contributed by atoms with van der Waals surface area (Å²) in [7, 11) is 0. The monoisotopic (exact) mass is 425 g/mol. The van der Waals surface area contributed by atoms with Crippen LogP contribution in [0.25, 0.3) is 0 Å². The van der Waals surface area contributed by atoms with E-state index in [0.717, 1.165) is 60.6 Å². The van der Waals surface area contributed by atoms with Gasteiger partial charge in [0.1, 0.15) is 12.4 Å². The highest BCUT2D eigenvalue weighted by molar-refractivity contribution is 6.00. The molecule has 0 aromatic heterocycles. The van der Waals surface area contributed by atoms with Crippen molar-refractivity contribution in [2.45, 2.75) is 46.1 Å². The molecule has 1 aliphatic heterocycles. The maximum Gasteiger partial charge on any atom is 0.250 e. The lowest BCUT2D eigenvalue weighted by molar-refractivity contribution is 0.100. The van der Waals surface area contributed by atoms with E-state index < -0.39 is 5.91 Å². The largest absolute Gasteiger partial charge is 0.492 e. The van der Waals surface area contributed by atoms with E-state index in [9.17, 15) is 4.79 Å². The van der Waals surface area contributed by atoms with Gasteiger partial charge >= 0.3 is 0 Å². The van der Waals surface area contributed by atoms with Gasteiger partial charge < -0.3 is 25.8 Å². The van der Waals surface area contributed by atoms with Gasteiger partial charge in [-0.05, 0) is 68.4 Å². The molecule has 6 heteroatoms. The molecular weight excluding hydrogens is 390 g/mol. The predicted molar refractivity (Wildman–Crippen MR) is 125 cm³/mol. The number of nitrogens with zero attached hydrogens (tertiary/aromatic N) is 1. The maximum atomic E-state index is 12.1. The molecule has 0 saturated heterocycles. The van der Waals surface area contributed by atoms with Crippen LogP contribution in [0.5, 0.6) is 5.75 Å². The van der Waals surface area contributed by atoms with Crippen LogP contribution < -0.4 is 20.7 Å². The van der Waals surface area contributed by atoms with Crippen LogP contribution in [-0.2, 0) is 12.8 Å². The fourth-order valence-electron chi connectivity index (χ4n) is 4.39. The number of ether oxygens (including phenoxy) is 1. The maximum absolute atomic E-state index is 12.1. The van der Waals surface area contributed by atoms with E-state index in [2.05, 4.69) is 49.2 Å². The molecule has 168 valence electrons. The molecule has 0 fully saturated rings. The zero-order valence-corrected chi connectivity index (χ0v) is 18.9. The average molecular weight is 426 g/mol. The fraction of sp³-hybridized carbons (Fsp3) is 0.480. The molecule has 1 amide bonds. The Kier molecular flexibility index (Phi) is 7.93. The van der Waals surface area contributed by atoms with Crippen LogP contribution in [0.1, 0.15) is 46.0 Å². The predicted octanol–water partition coefficient (Wildman–Crippen LogP) is 2.75. The smallest absolute Gasteiger partial charge is 0.250 e. The molecule has 6 nitrogen and oxygen atoms in total. The Morgan fingerprint density at radius 2 is 2.03 bits per heavy atom. The first-order chi connectivity index (χ1) is 14.9. The van der Waals surface area contributed by atoms with Crippen molar-refractivity contribution < 1.29 is 14.6 Å². The van der Waals surface area contributed by atoms with Crippen molar-refractivity contribution in [3.8, 4) is 5.75 Å². The third-order valence-electron chi connectivity index (χ3n) is 5.86. The first-order valence-electron chi connectivity index (χ1n) is 11.1. The molecule has 0 saturated carbocycles. The van der Waals surface area contributed by atoms with Gasteiger partial charge in [-0.25, -0.2) is 0 Å². The van der Waals surface area contributed by atoms with E-state index in [1.54, 1.807) is 0 Å². The van der Waals surface area contributed by atoms with Gasteiger partial charge in [-0.2, -0.15) is 0 Å². The lowest BCUT2D eigenvalue weighted by Gasteiger charge is -2.22. The minimum absolute atomic E-state index is 0.145. The number of carbonyl (C=O) groups is 1. The molecule has 4 N–H and O–H groups in total. The van der Waals surface area contributed by atoms with Crippen LogP contribution in [0.3, 0.4) is 0 Å². The van der Waals surface area contributed by atoms with Gasteiger partial charge in [0.25, 0.3) is 5.91 Å². The van der Waals surface area contributed by atoms with E-state index in [1.807, 2.05) is 12.1 Å². The number of aryl methyl sites for hydroxylation is 2. The van der Waals surface area contributed by atoms with Crippen LogP contribution in [0.4, 0.5) is 5.69 Å². The third kappa shape index (κ3) is 5.77. The van der Waals surface area contributed by atoms with E-state index in [4.69, 9.17) is 15.6 Å². The SMILES string of the molecule is Cc1cccc(C)c1OCCNC(C)Cc1cc2c(c(C(N)=O)c1)N(CCCO)CC2. The first-order valence-corrected chi connectivity index (χ1v) is 11.1. The number of amides is 1. The van der Waals surface area contributed by atoms with Gasteiger partial charge in [-0.1, -0.05) is 24.3 Å². The Balaban J connectivity index is 1.58. The summed E-state index contributed by atoms with van der Waals surface area (Å²) in [6.45, 7) is 9.37. The first kappa shape index (κ1) is 23.1. The van der Waals surface area contributed by atoms with Crippen molar-refractivity contribution in [1.29, 1.82) is 0 Å². The van der Waals surface area contributed by atoms with Gasteiger partial charge in [0.2, 0.25) is 0 Å². The van der Waals surface area contributed by atoms with E-state index >= 15 is 0 Å². The van der Waals surface area contributed by atoms with E-state index in [-0.39, 0.29) is 12.6 Å². The number of nitrogens with two attached hydrogens (primary N) is 1. The Morgan fingerprint density at radius 3 is 2.71 bits per heavy atom. The number of hydrogen-bond donors (Lipinski definition) is 3. The van der Waals surface area contributed by atoms with Crippen LogP contribution in [0.15, 0.2) is 30.3 Å². The number of hydrogen-bond acceptors (Lipinski definition) is 5. The number of aliphatic hydroxyl groups is 1. The number of primary amides is 1. The normalized spacial score (nSPS) is 13.9. The van der Waals surface area contributed by atoms with Crippen molar-refractivity contribution in [1.82, 2.24) is 5.32 Å². The molecule has 2 aromatic rings. The molecule has 0 radical (unpaired) electrons. The molecule has 0 aliphatic carbocycles. The number of anilines is 1. The van der Waals surface area contributed by atoms with Crippen molar-refractivity contribution >= 4 is 11.6 Å². The summed E-state index contributed by atoms with van der Waals surface area (Å²) in [6, 6.07) is 10.5. The van der Waals surface area contributed by atoms with Gasteiger partial charge in [-0.15, -0.1) is 0 Å². The Bertz CT molecular complexity index is 893. The van der Waals surface area contributed by atoms with Crippen molar-refractivity contribution in [3.63, 3.8) is 0 Å². The second-order valence-electron chi connectivity index (χ2n) is 8.46. The molecule has 31 heavy (non-hydrogen) atoms. The Hall–Kier alpha value is -2.57. The quantitative estimate of drug-likeness (QED) is 0.482. The van der Waals surface area contributed by atoms with Crippen molar-refractivity contribution in [3.05, 3.63) is 58.1 Å². The standard InChI is InChI=1S/C25H35N3O3/c1-17-6-4-7-18(2)24(17)31-13-9-27-19(3)14-20-15-21-8-11-28(10-5-12-29)23(21)22(16-20)25(26)30/h4,6-7,15-16,19,27,29H,5,8-14H2,1-3H3,(H2,26,30). The van der Waals surface area contributed by atoms with Crippen molar-refractivity contribution in [2.24, 2.45) is 5.73 Å². The summed E-state index contributed by atoms with van der Waals surface area (Å²) >= 11 is 0. The molecule has 1 heterocycles. The highest BCUT2D eigenvalue weighted by atomic mass is 16.5. The van der Waals surface area contributed by atoms with Crippen LogP contribution in [0, 0.1) is 13.8 Å². The molecule has 1 unspecified atom stereocenters. The highest BCUT2D eigenvalue weighted by Gasteiger charge is 2.25. The minimum atomic E-state index is -0.392. The van der Waals surface area contributed by atoms with Gasteiger partial charge in [0, 0.05) is 32.3 Å². The van der Waals surface area contributed by atoms with Gasteiger partial charge in [-0.3, -0.25) is 4.79 Å². The van der Waals surface area contributed by atoms with Gasteiger partial charge in [0.05, 0.1) is 11.3 Å². The molecular formula is C25H35N3O3. The number of fused-ring (bicyclic) bond motifs is 1. The van der Waals surface area contributed by atoms with Crippen LogP contribution in [0.2, 0.25) is 0 Å². The zero-order valence-electron chi connectivity index (χ0n) is 18.9. The number of aliphatic hydroxyl groups excluding tert-OH is 1. The number of para-hydroxylation sites is 1. The zero-order chi connectivity index (χ0) is 22.4. The number of rotatable bonds is 11. The number of benzene rings is 2.